The summed E-state index contributed by atoms with van der Waals surface area (Å²) in [5.41, 5.74) is 0. The molecular weight excluding hydrogens is 446 g/mol. The second-order valence-electron chi connectivity index (χ2n) is 9.80. The summed E-state index contributed by atoms with van der Waals surface area (Å²) in [5, 5.41) is 6.27. The minimum absolute atomic E-state index is 0.0763. The number of nitrogens with one attached hydrogen (secondary N) is 2. The van der Waals surface area contributed by atoms with E-state index in [-0.39, 0.29) is 12.6 Å². The summed E-state index contributed by atoms with van der Waals surface area (Å²) in [6, 6.07) is 2.64. The van der Waals surface area contributed by atoms with Crippen molar-refractivity contribution in [2.45, 2.75) is 70.4 Å². The zero-order valence-corrected chi connectivity index (χ0v) is 21.1. The minimum Gasteiger partial charge on any atom is -0.465 e. The molecule has 0 aliphatic carbocycles. The van der Waals surface area contributed by atoms with Crippen molar-refractivity contribution in [2.24, 2.45) is 0 Å². The average molecular weight is 488 g/mol. The number of carbonyl (C=O) groups is 2. The van der Waals surface area contributed by atoms with E-state index in [0.717, 1.165) is 63.6 Å². The van der Waals surface area contributed by atoms with E-state index < -0.39 is 5.97 Å². The van der Waals surface area contributed by atoms with Crippen LogP contribution < -0.4 is 15.5 Å². The van der Waals surface area contributed by atoms with Gasteiger partial charge in [-0.05, 0) is 58.1 Å². The highest BCUT2D eigenvalue weighted by molar-refractivity contribution is 5.80. The Hall–Kier alpha value is -2.62. The Labute approximate surface area is 208 Å². The first-order chi connectivity index (χ1) is 17.1. The van der Waals surface area contributed by atoms with E-state index in [0.29, 0.717) is 31.8 Å². The molecule has 10 heteroatoms. The van der Waals surface area contributed by atoms with Gasteiger partial charge in [0.15, 0.2) is 0 Å². The first-order valence-electron chi connectivity index (χ1n) is 13.4. The van der Waals surface area contributed by atoms with Crippen molar-refractivity contribution in [2.75, 3.05) is 62.6 Å². The lowest BCUT2D eigenvalue weighted by atomic mass is 9.98. The maximum Gasteiger partial charge on any atom is 0.325 e. The number of hydrogen-bond acceptors (Lipinski definition) is 8. The molecule has 3 aliphatic rings. The summed E-state index contributed by atoms with van der Waals surface area (Å²) < 4.78 is 4.87. The van der Waals surface area contributed by atoms with Gasteiger partial charge in [-0.15, -0.1) is 0 Å². The summed E-state index contributed by atoms with van der Waals surface area (Å²) >= 11 is 0. The largest absolute Gasteiger partial charge is 0.465 e. The number of hydrogen-bond donors (Lipinski definition) is 2. The van der Waals surface area contributed by atoms with Gasteiger partial charge in [0, 0.05) is 51.0 Å². The SMILES string of the molecule is CCOC(=O)CNC(=O)N1CCC(N2CCCC(Nc3nccc(N4CCCCCC4)n3)C2)CC1. The average Bonchev–Trinajstić information content (AvgIpc) is 3.18. The number of esters is 1. The molecule has 3 fully saturated rings. The lowest BCUT2D eigenvalue weighted by Gasteiger charge is -2.42. The fourth-order valence-electron chi connectivity index (χ4n) is 5.44. The Bertz CT molecular complexity index is 823. The molecule has 3 aliphatic heterocycles. The van der Waals surface area contributed by atoms with Gasteiger partial charge in [0.2, 0.25) is 5.95 Å². The fraction of sp³-hybridized carbons (Fsp3) is 0.760. The second kappa shape index (κ2) is 12.9. The zero-order valence-electron chi connectivity index (χ0n) is 21.1. The van der Waals surface area contributed by atoms with Gasteiger partial charge >= 0.3 is 12.0 Å². The summed E-state index contributed by atoms with van der Waals surface area (Å²) in [4.78, 5) is 40.0. The maximum absolute atomic E-state index is 12.4. The summed E-state index contributed by atoms with van der Waals surface area (Å²) in [6.45, 7) is 7.62. The Morgan fingerprint density at radius 2 is 1.80 bits per heavy atom. The Morgan fingerprint density at radius 3 is 2.54 bits per heavy atom. The van der Waals surface area contributed by atoms with Gasteiger partial charge in [-0.25, -0.2) is 9.78 Å². The minimum atomic E-state index is -0.400. The molecule has 10 nitrogen and oxygen atoms in total. The number of amides is 2. The standard InChI is InChI=1S/C25H41N7O3/c1-2-35-23(33)18-27-25(34)31-16-10-21(11-17-31)32-15-7-8-20(19-32)28-24-26-12-9-22(29-24)30-13-5-3-4-6-14-30/h9,12,20-21H,2-8,10-11,13-19H2,1H3,(H,27,34)(H,26,28,29). The molecule has 3 saturated heterocycles. The Balaban J connectivity index is 1.24. The topological polar surface area (TPSA) is 103 Å². The predicted octanol–water partition coefficient (Wildman–Crippen LogP) is 2.47. The molecule has 194 valence electrons. The van der Waals surface area contributed by atoms with Crippen LogP contribution in [-0.2, 0) is 9.53 Å². The van der Waals surface area contributed by atoms with Crippen LogP contribution in [0.4, 0.5) is 16.6 Å². The van der Waals surface area contributed by atoms with Gasteiger partial charge in [0.25, 0.3) is 0 Å². The number of aromatic nitrogens is 2. The van der Waals surface area contributed by atoms with Gasteiger partial charge in [-0.3, -0.25) is 9.69 Å². The van der Waals surface area contributed by atoms with E-state index in [1.165, 1.54) is 25.7 Å². The highest BCUT2D eigenvalue weighted by Crippen LogP contribution is 2.23. The second-order valence-corrected chi connectivity index (χ2v) is 9.80. The molecule has 2 N–H and O–H groups in total. The van der Waals surface area contributed by atoms with Crippen molar-refractivity contribution >= 4 is 23.8 Å². The van der Waals surface area contributed by atoms with Gasteiger partial charge in [-0.1, -0.05) is 12.8 Å². The summed E-state index contributed by atoms with van der Waals surface area (Å²) in [7, 11) is 0. The van der Waals surface area contributed by atoms with Crippen molar-refractivity contribution in [3.63, 3.8) is 0 Å². The Kier molecular flexibility index (Phi) is 9.39. The van der Waals surface area contributed by atoms with Crippen molar-refractivity contribution in [1.82, 2.24) is 25.1 Å². The molecule has 1 atom stereocenters. The first kappa shape index (κ1) is 25.5. The van der Waals surface area contributed by atoms with Crippen LogP contribution >= 0.6 is 0 Å². The summed E-state index contributed by atoms with van der Waals surface area (Å²) in [6.07, 6.45) is 11.1. The van der Waals surface area contributed by atoms with E-state index >= 15 is 0 Å². The third-order valence-electron chi connectivity index (χ3n) is 7.31. The molecule has 0 radical (unpaired) electrons. The molecule has 35 heavy (non-hydrogen) atoms. The highest BCUT2D eigenvalue weighted by atomic mass is 16.5. The molecule has 0 saturated carbocycles. The number of likely N-dealkylation sites (tertiary alicyclic amines) is 2. The van der Waals surface area contributed by atoms with Crippen LogP contribution in [0.2, 0.25) is 0 Å². The predicted molar refractivity (Wildman–Crippen MR) is 136 cm³/mol. The molecule has 4 rings (SSSR count). The molecule has 1 unspecified atom stereocenters. The molecule has 4 heterocycles. The molecule has 1 aromatic rings. The molecule has 0 spiro atoms. The number of anilines is 2. The molecule has 0 bridgehead atoms. The third-order valence-corrected chi connectivity index (χ3v) is 7.31. The van der Waals surface area contributed by atoms with Gasteiger partial charge < -0.3 is 25.2 Å². The molecule has 0 aromatic carbocycles. The number of piperidine rings is 2. The number of ether oxygens (including phenoxy) is 1. The van der Waals surface area contributed by atoms with Crippen molar-refractivity contribution in [1.29, 1.82) is 0 Å². The van der Waals surface area contributed by atoms with Crippen LogP contribution in [0.3, 0.4) is 0 Å². The highest BCUT2D eigenvalue weighted by Gasteiger charge is 2.30. The zero-order chi connectivity index (χ0) is 24.5. The van der Waals surface area contributed by atoms with Crippen molar-refractivity contribution in [3.8, 4) is 0 Å². The van der Waals surface area contributed by atoms with Crippen molar-refractivity contribution < 1.29 is 14.3 Å². The quantitative estimate of drug-likeness (QED) is 0.566. The van der Waals surface area contributed by atoms with E-state index in [4.69, 9.17) is 9.72 Å². The lowest BCUT2D eigenvalue weighted by molar-refractivity contribution is -0.141. The number of rotatable bonds is 7. The number of carbonyl (C=O) groups excluding carboxylic acids is 2. The normalized spacial score (nSPS) is 22.4. The smallest absolute Gasteiger partial charge is 0.325 e. The van der Waals surface area contributed by atoms with Gasteiger partial charge in [-0.2, -0.15) is 4.98 Å². The first-order valence-corrected chi connectivity index (χ1v) is 13.4. The Morgan fingerprint density at radius 1 is 1.03 bits per heavy atom. The van der Waals surface area contributed by atoms with E-state index in [9.17, 15) is 9.59 Å². The summed E-state index contributed by atoms with van der Waals surface area (Å²) in [5.74, 6) is 1.36. The van der Waals surface area contributed by atoms with Crippen LogP contribution in [0, 0.1) is 0 Å². The van der Waals surface area contributed by atoms with Crippen LogP contribution in [0.1, 0.15) is 58.3 Å². The molecule has 1 aromatic heterocycles. The van der Waals surface area contributed by atoms with E-state index in [2.05, 4.69) is 25.4 Å². The molecule has 2 amide bonds. The fourth-order valence-corrected chi connectivity index (χ4v) is 5.44. The third kappa shape index (κ3) is 7.43. The number of urea groups is 1. The van der Waals surface area contributed by atoms with E-state index in [1.54, 1.807) is 11.8 Å². The van der Waals surface area contributed by atoms with Crippen molar-refractivity contribution in [3.05, 3.63) is 12.3 Å². The monoisotopic (exact) mass is 487 g/mol. The van der Waals surface area contributed by atoms with Gasteiger partial charge in [0.05, 0.1) is 6.61 Å². The number of nitrogens with zero attached hydrogens (tertiary/aromatic N) is 5. The van der Waals surface area contributed by atoms with Crippen LogP contribution in [0.15, 0.2) is 12.3 Å². The van der Waals surface area contributed by atoms with Gasteiger partial charge in [0.1, 0.15) is 12.4 Å². The maximum atomic E-state index is 12.4. The molecular formula is C25H41N7O3. The van der Waals surface area contributed by atoms with Crippen LogP contribution in [-0.4, -0.2) is 96.3 Å². The van der Waals surface area contributed by atoms with Crippen LogP contribution in [0.25, 0.3) is 0 Å². The lowest BCUT2D eigenvalue weighted by Crippen LogP contribution is -2.53. The van der Waals surface area contributed by atoms with Crippen LogP contribution in [0.5, 0.6) is 0 Å². The van der Waals surface area contributed by atoms with E-state index in [1.807, 2.05) is 12.3 Å².